The number of rotatable bonds is 10. The molecule has 42 heavy (non-hydrogen) atoms. The van der Waals surface area contributed by atoms with Crippen molar-refractivity contribution in [2.75, 3.05) is 36.5 Å². The highest BCUT2D eigenvalue weighted by molar-refractivity contribution is 6.17. The molecule has 1 aliphatic heterocycles. The van der Waals surface area contributed by atoms with E-state index in [1.54, 1.807) is 11.9 Å². The molecule has 1 amide bonds. The molecule has 8 nitrogen and oxygen atoms in total. The van der Waals surface area contributed by atoms with Crippen molar-refractivity contribution in [3.8, 4) is 0 Å². The van der Waals surface area contributed by atoms with Gasteiger partial charge in [0.25, 0.3) is 0 Å². The van der Waals surface area contributed by atoms with E-state index in [0.717, 1.165) is 54.9 Å². The minimum Gasteiger partial charge on any atom is -0.444 e. The van der Waals surface area contributed by atoms with Crippen LogP contribution in [0.15, 0.2) is 66.1 Å². The number of aromatic nitrogens is 1. The molecule has 0 bridgehead atoms. The summed E-state index contributed by atoms with van der Waals surface area (Å²) in [4.78, 5) is 18.8. The molecule has 8 heteroatoms. The first-order chi connectivity index (χ1) is 20.0. The smallest absolute Gasteiger partial charge is 0.410 e. The Bertz CT molecular complexity index is 1550. The van der Waals surface area contributed by atoms with Gasteiger partial charge in [0.05, 0.1) is 22.6 Å². The summed E-state index contributed by atoms with van der Waals surface area (Å²) in [6.07, 6.45) is 10.5. The number of likely N-dealkylation sites (N-methyl/N-ethyl adjacent to an activating group) is 1. The number of nitrogens with one attached hydrogen (secondary N) is 2. The molecule has 1 fully saturated rings. The lowest BCUT2D eigenvalue weighted by Crippen LogP contribution is -2.36. The van der Waals surface area contributed by atoms with E-state index in [-0.39, 0.29) is 6.09 Å². The number of para-hydroxylation sites is 1. The molecule has 0 unspecified atom stereocenters. The van der Waals surface area contributed by atoms with Gasteiger partial charge in [-0.25, -0.2) is 9.79 Å². The molecular formula is C34H44N6O2. The Morgan fingerprint density at radius 1 is 1.26 bits per heavy atom. The lowest BCUT2D eigenvalue weighted by atomic mass is 10.0. The van der Waals surface area contributed by atoms with Crippen molar-refractivity contribution < 1.29 is 9.53 Å². The predicted octanol–water partition coefficient (Wildman–Crippen LogP) is 7.27. The maximum absolute atomic E-state index is 12.3. The summed E-state index contributed by atoms with van der Waals surface area (Å²) < 4.78 is 7.81. The van der Waals surface area contributed by atoms with E-state index in [9.17, 15) is 4.79 Å². The number of hydrogen-bond acceptors (Lipinski definition) is 6. The molecule has 2 aliphatic rings. The molecular weight excluding hydrogens is 524 g/mol. The molecule has 1 aliphatic carbocycles. The summed E-state index contributed by atoms with van der Waals surface area (Å²) in [7, 11) is 1.74. The van der Waals surface area contributed by atoms with Gasteiger partial charge in [-0.3, -0.25) is 0 Å². The van der Waals surface area contributed by atoms with Crippen molar-refractivity contribution in [1.82, 2.24) is 9.47 Å². The fraction of sp³-hybridized carbons (Fsp3) is 0.412. The number of benzene rings is 2. The second-order valence-electron chi connectivity index (χ2n) is 12.4. The van der Waals surface area contributed by atoms with E-state index in [1.165, 1.54) is 22.0 Å². The first-order valence-corrected chi connectivity index (χ1v) is 14.9. The van der Waals surface area contributed by atoms with Gasteiger partial charge in [-0.05, 0) is 88.6 Å². The molecule has 0 spiro atoms. The van der Waals surface area contributed by atoms with Crippen LogP contribution in [0.4, 0.5) is 21.9 Å². The van der Waals surface area contributed by atoms with Gasteiger partial charge in [0.2, 0.25) is 0 Å². The number of allylic oxidation sites excluding steroid dienone is 2. The maximum atomic E-state index is 12.3. The van der Waals surface area contributed by atoms with Crippen LogP contribution in [0.3, 0.4) is 0 Å². The lowest BCUT2D eigenvalue weighted by molar-refractivity contribution is 0.0305. The Morgan fingerprint density at radius 2 is 2.05 bits per heavy atom. The molecule has 2 aromatic carbocycles. The van der Waals surface area contributed by atoms with Crippen LogP contribution in [-0.2, 0) is 17.7 Å². The SMILES string of the molecule is C=C(N=C(/C=C\C)c1cn2c3c(cccc13)CCC2)Nc1cc(N)c(NCCN(C)C(=O)OC(C)(C)C)cc1C1CC1. The summed E-state index contributed by atoms with van der Waals surface area (Å²) >= 11 is 0. The summed E-state index contributed by atoms with van der Waals surface area (Å²) in [6, 6.07) is 10.7. The Balaban J connectivity index is 1.33. The van der Waals surface area contributed by atoms with Crippen LogP contribution in [0.1, 0.15) is 69.6 Å². The van der Waals surface area contributed by atoms with Gasteiger partial charge in [0.15, 0.2) is 0 Å². The zero-order chi connectivity index (χ0) is 30.0. The quantitative estimate of drug-likeness (QED) is 0.176. The molecule has 4 N–H and O–H groups in total. The van der Waals surface area contributed by atoms with Gasteiger partial charge >= 0.3 is 6.09 Å². The van der Waals surface area contributed by atoms with Crippen LogP contribution in [0.25, 0.3) is 10.9 Å². The Kier molecular flexibility index (Phi) is 8.34. The second kappa shape index (κ2) is 12.0. The third-order valence-corrected chi connectivity index (χ3v) is 7.67. The number of anilines is 3. The second-order valence-corrected chi connectivity index (χ2v) is 12.4. The van der Waals surface area contributed by atoms with Gasteiger partial charge in [-0.15, -0.1) is 0 Å². The van der Waals surface area contributed by atoms with E-state index in [1.807, 2.05) is 45.9 Å². The van der Waals surface area contributed by atoms with E-state index < -0.39 is 5.60 Å². The number of nitrogens with zero attached hydrogens (tertiary/aromatic N) is 3. The maximum Gasteiger partial charge on any atom is 0.410 e. The molecule has 5 rings (SSSR count). The monoisotopic (exact) mass is 568 g/mol. The highest BCUT2D eigenvalue weighted by Gasteiger charge is 2.28. The van der Waals surface area contributed by atoms with Gasteiger partial charge < -0.3 is 30.6 Å². The van der Waals surface area contributed by atoms with Crippen LogP contribution in [0.2, 0.25) is 0 Å². The minimum atomic E-state index is -0.525. The van der Waals surface area contributed by atoms with Crippen LogP contribution in [0.5, 0.6) is 0 Å². The largest absolute Gasteiger partial charge is 0.444 e. The Labute approximate surface area is 249 Å². The van der Waals surface area contributed by atoms with E-state index >= 15 is 0 Å². The molecule has 3 aromatic rings. The van der Waals surface area contributed by atoms with Crippen LogP contribution >= 0.6 is 0 Å². The van der Waals surface area contributed by atoms with Crippen molar-refractivity contribution in [2.45, 2.75) is 71.4 Å². The summed E-state index contributed by atoms with van der Waals surface area (Å²) in [5.41, 5.74) is 14.3. The topological polar surface area (TPSA) is 96.9 Å². The summed E-state index contributed by atoms with van der Waals surface area (Å²) in [5, 5.41) is 8.10. The lowest BCUT2D eigenvalue weighted by Gasteiger charge is -2.25. The highest BCUT2D eigenvalue weighted by Crippen LogP contribution is 2.46. The number of aliphatic imine (C=N–C) groups is 1. The zero-order valence-corrected chi connectivity index (χ0v) is 25.6. The number of carbonyl (C=O) groups is 1. The predicted molar refractivity (Wildman–Crippen MR) is 175 cm³/mol. The first kappa shape index (κ1) is 29.3. The fourth-order valence-electron chi connectivity index (χ4n) is 5.55. The molecule has 1 aromatic heterocycles. The molecule has 0 saturated heterocycles. The van der Waals surface area contributed by atoms with Gasteiger partial charge in [0, 0.05) is 49.5 Å². The average molecular weight is 569 g/mol. The van der Waals surface area contributed by atoms with Crippen molar-refractivity contribution in [3.63, 3.8) is 0 Å². The normalized spacial score (nSPS) is 15.2. The van der Waals surface area contributed by atoms with Gasteiger partial charge in [0.1, 0.15) is 11.4 Å². The number of ether oxygens (including phenoxy) is 1. The van der Waals surface area contributed by atoms with E-state index in [4.69, 9.17) is 15.5 Å². The van der Waals surface area contributed by atoms with Crippen molar-refractivity contribution in [3.05, 3.63) is 77.8 Å². The zero-order valence-electron chi connectivity index (χ0n) is 25.6. The molecule has 0 atom stereocenters. The number of amides is 1. The van der Waals surface area contributed by atoms with E-state index in [0.29, 0.717) is 30.5 Å². The standard InChI is InChI=1S/C34H44N6O2/c1-7-10-29(27-21-40-17-9-12-24-11-8-13-25(27)32(24)40)37-22(2)38-30-20-28(35)31(19-26(30)23-14-15-23)36-16-18-39(6)33(41)42-34(3,4)5/h7-8,10-11,13,19-21,23,36,38H,2,9,12,14-18,35H2,1,3-6H3/b10-7-,37-29?. The first-order valence-electron chi connectivity index (χ1n) is 14.9. The number of carbonyl (C=O) groups excluding carboxylic acids is 1. The van der Waals surface area contributed by atoms with Crippen molar-refractivity contribution >= 4 is 39.8 Å². The molecule has 2 heterocycles. The third-order valence-electron chi connectivity index (χ3n) is 7.67. The minimum absolute atomic E-state index is 0.343. The Hall–Kier alpha value is -4.20. The number of nitrogen functional groups attached to an aromatic ring is 1. The highest BCUT2D eigenvalue weighted by atomic mass is 16.6. The number of hydrogen-bond donors (Lipinski definition) is 3. The number of aryl methyl sites for hydroxylation is 2. The van der Waals surface area contributed by atoms with E-state index in [2.05, 4.69) is 52.2 Å². The van der Waals surface area contributed by atoms with Crippen LogP contribution in [-0.4, -0.2) is 47.0 Å². The molecule has 0 radical (unpaired) electrons. The third kappa shape index (κ3) is 6.64. The van der Waals surface area contributed by atoms with Crippen LogP contribution < -0.4 is 16.4 Å². The average Bonchev–Trinajstić information content (AvgIpc) is 3.70. The molecule has 222 valence electrons. The summed E-state index contributed by atoms with van der Waals surface area (Å²) in [6.45, 7) is 13.9. The van der Waals surface area contributed by atoms with Crippen molar-refractivity contribution in [1.29, 1.82) is 0 Å². The fourth-order valence-corrected chi connectivity index (χ4v) is 5.55. The van der Waals surface area contributed by atoms with Crippen LogP contribution in [0, 0.1) is 0 Å². The Morgan fingerprint density at radius 3 is 2.76 bits per heavy atom. The van der Waals surface area contributed by atoms with Gasteiger partial charge in [-0.1, -0.05) is 30.9 Å². The van der Waals surface area contributed by atoms with Crippen molar-refractivity contribution in [2.24, 2.45) is 4.99 Å². The molecule has 1 saturated carbocycles. The summed E-state index contributed by atoms with van der Waals surface area (Å²) in [5.74, 6) is 1.04. The van der Waals surface area contributed by atoms with Gasteiger partial charge in [-0.2, -0.15) is 0 Å². The number of nitrogens with two attached hydrogens (primary N) is 1.